The van der Waals surface area contributed by atoms with Crippen molar-refractivity contribution in [3.8, 4) is 0 Å². The van der Waals surface area contributed by atoms with Gasteiger partial charge < -0.3 is 15.8 Å². The molecule has 0 spiro atoms. The minimum absolute atomic E-state index is 0.0997. The van der Waals surface area contributed by atoms with Crippen molar-refractivity contribution in [2.75, 3.05) is 11.4 Å². The van der Waals surface area contributed by atoms with Gasteiger partial charge in [0.2, 0.25) is 0 Å². The molecule has 0 aromatic heterocycles. The predicted molar refractivity (Wildman–Crippen MR) is 76.1 cm³/mol. The predicted octanol–water partition coefficient (Wildman–Crippen LogP) is 2.61. The molecule has 1 heterocycles. The fourth-order valence-corrected chi connectivity index (χ4v) is 2.53. The van der Waals surface area contributed by atoms with Crippen LogP contribution in [0.1, 0.15) is 11.1 Å². The molecule has 0 fully saturated rings. The van der Waals surface area contributed by atoms with Crippen LogP contribution < -0.4 is 10.6 Å². The van der Waals surface area contributed by atoms with E-state index in [9.17, 15) is 4.39 Å². The van der Waals surface area contributed by atoms with Gasteiger partial charge in [-0.3, -0.25) is 0 Å². The average molecular weight is 271 g/mol. The van der Waals surface area contributed by atoms with Crippen LogP contribution in [-0.4, -0.2) is 17.6 Å². The summed E-state index contributed by atoms with van der Waals surface area (Å²) in [4.78, 5) is 1.95. The van der Waals surface area contributed by atoms with Crippen molar-refractivity contribution in [2.45, 2.75) is 6.42 Å². The molecule has 1 aliphatic heterocycles. The monoisotopic (exact) mass is 271 g/mol. The molecule has 1 aliphatic rings. The van der Waals surface area contributed by atoms with Gasteiger partial charge in [-0.15, -0.1) is 0 Å². The van der Waals surface area contributed by atoms with Gasteiger partial charge in [0.1, 0.15) is 5.82 Å². The number of oxime groups is 1. The zero-order valence-electron chi connectivity index (χ0n) is 10.8. The van der Waals surface area contributed by atoms with E-state index in [4.69, 9.17) is 10.9 Å². The standard InChI is InChI=1S/C15H14FN3O/c16-12-9-11(15(17)18-20)5-6-14(12)19-8-7-10-3-1-2-4-13(10)19/h1-6,9,20H,7-8H2,(H2,17,18). The molecular formula is C15H14FN3O. The van der Waals surface area contributed by atoms with Crippen molar-refractivity contribution in [1.82, 2.24) is 0 Å². The minimum atomic E-state index is -0.384. The lowest BCUT2D eigenvalue weighted by atomic mass is 10.1. The molecule has 0 saturated heterocycles. The van der Waals surface area contributed by atoms with Crippen molar-refractivity contribution >= 4 is 17.2 Å². The molecule has 3 N–H and O–H groups in total. The van der Waals surface area contributed by atoms with Crippen LogP contribution in [-0.2, 0) is 6.42 Å². The number of rotatable bonds is 2. The van der Waals surface area contributed by atoms with Crippen LogP contribution in [0.25, 0.3) is 0 Å². The summed E-state index contributed by atoms with van der Waals surface area (Å²) in [5.41, 5.74) is 8.58. The Hall–Kier alpha value is -2.56. The fraction of sp³-hybridized carbons (Fsp3) is 0.133. The van der Waals surface area contributed by atoms with Gasteiger partial charge in [-0.1, -0.05) is 23.4 Å². The Morgan fingerprint density at radius 1 is 1.20 bits per heavy atom. The summed E-state index contributed by atoms with van der Waals surface area (Å²) in [6, 6.07) is 12.6. The third-order valence-corrected chi connectivity index (χ3v) is 3.53. The zero-order chi connectivity index (χ0) is 14.1. The Morgan fingerprint density at radius 3 is 2.75 bits per heavy atom. The molecular weight excluding hydrogens is 257 g/mol. The quantitative estimate of drug-likeness (QED) is 0.382. The van der Waals surface area contributed by atoms with E-state index in [0.717, 1.165) is 18.7 Å². The molecule has 0 saturated carbocycles. The SMILES string of the molecule is N/C(=N\O)c1ccc(N2CCc3ccccc32)c(F)c1. The van der Waals surface area contributed by atoms with Crippen molar-refractivity contribution in [3.05, 3.63) is 59.4 Å². The number of benzene rings is 2. The van der Waals surface area contributed by atoms with E-state index in [1.165, 1.54) is 11.6 Å². The highest BCUT2D eigenvalue weighted by Crippen LogP contribution is 2.35. The number of nitrogens with two attached hydrogens (primary N) is 1. The van der Waals surface area contributed by atoms with Gasteiger partial charge in [0.05, 0.1) is 5.69 Å². The molecule has 0 bridgehead atoms. The van der Waals surface area contributed by atoms with E-state index in [0.29, 0.717) is 11.3 Å². The van der Waals surface area contributed by atoms with E-state index in [1.54, 1.807) is 12.1 Å². The molecule has 2 aromatic carbocycles. The number of halogens is 1. The number of amidine groups is 1. The third kappa shape index (κ3) is 1.97. The van der Waals surface area contributed by atoms with E-state index in [1.807, 2.05) is 23.1 Å². The highest BCUT2D eigenvalue weighted by Gasteiger charge is 2.22. The van der Waals surface area contributed by atoms with Crippen LogP contribution in [0, 0.1) is 5.82 Å². The zero-order valence-corrected chi connectivity index (χ0v) is 10.8. The van der Waals surface area contributed by atoms with Crippen LogP contribution in [0.3, 0.4) is 0 Å². The topological polar surface area (TPSA) is 61.9 Å². The van der Waals surface area contributed by atoms with Gasteiger partial charge in [0.15, 0.2) is 5.84 Å². The van der Waals surface area contributed by atoms with Crippen LogP contribution in [0.5, 0.6) is 0 Å². The average Bonchev–Trinajstić information content (AvgIpc) is 2.90. The van der Waals surface area contributed by atoms with Crippen molar-refractivity contribution < 1.29 is 9.60 Å². The summed E-state index contributed by atoms with van der Waals surface area (Å²) >= 11 is 0. The van der Waals surface area contributed by atoms with Gasteiger partial charge in [-0.05, 0) is 36.2 Å². The van der Waals surface area contributed by atoms with E-state index < -0.39 is 0 Å². The maximum atomic E-state index is 14.3. The van der Waals surface area contributed by atoms with Crippen LogP contribution >= 0.6 is 0 Å². The molecule has 0 atom stereocenters. The van der Waals surface area contributed by atoms with Crippen molar-refractivity contribution in [3.63, 3.8) is 0 Å². The summed E-state index contributed by atoms with van der Waals surface area (Å²) in [5, 5.41) is 11.5. The summed E-state index contributed by atoms with van der Waals surface area (Å²) in [6.07, 6.45) is 0.900. The Labute approximate surface area is 115 Å². The van der Waals surface area contributed by atoms with Crippen LogP contribution in [0.15, 0.2) is 47.6 Å². The normalized spacial score (nSPS) is 14.4. The molecule has 5 heteroatoms. The number of anilines is 2. The molecule has 20 heavy (non-hydrogen) atoms. The van der Waals surface area contributed by atoms with Crippen molar-refractivity contribution in [1.29, 1.82) is 0 Å². The maximum absolute atomic E-state index is 14.3. The summed E-state index contributed by atoms with van der Waals surface area (Å²) in [7, 11) is 0. The number of nitrogens with zero attached hydrogens (tertiary/aromatic N) is 2. The molecule has 2 aromatic rings. The molecule has 102 valence electrons. The van der Waals surface area contributed by atoms with E-state index in [-0.39, 0.29) is 11.7 Å². The number of hydrogen-bond donors (Lipinski definition) is 2. The van der Waals surface area contributed by atoms with Gasteiger partial charge in [-0.25, -0.2) is 4.39 Å². The summed E-state index contributed by atoms with van der Waals surface area (Å²) in [6.45, 7) is 0.749. The summed E-state index contributed by atoms with van der Waals surface area (Å²) < 4.78 is 14.3. The first-order valence-corrected chi connectivity index (χ1v) is 6.33. The smallest absolute Gasteiger partial charge is 0.170 e. The highest BCUT2D eigenvalue weighted by molar-refractivity contribution is 5.97. The molecule has 0 unspecified atom stereocenters. The second-order valence-electron chi connectivity index (χ2n) is 4.68. The van der Waals surface area contributed by atoms with Gasteiger partial charge in [0, 0.05) is 17.8 Å². The largest absolute Gasteiger partial charge is 0.409 e. The molecule has 0 aliphatic carbocycles. The Balaban J connectivity index is 2.01. The number of para-hydroxylation sites is 1. The molecule has 0 radical (unpaired) electrons. The second-order valence-corrected chi connectivity index (χ2v) is 4.68. The van der Waals surface area contributed by atoms with Gasteiger partial charge in [-0.2, -0.15) is 0 Å². The van der Waals surface area contributed by atoms with Gasteiger partial charge >= 0.3 is 0 Å². The Bertz CT molecular complexity index is 685. The maximum Gasteiger partial charge on any atom is 0.170 e. The lowest BCUT2D eigenvalue weighted by molar-refractivity contribution is 0.318. The molecule has 0 amide bonds. The molecule has 3 rings (SSSR count). The highest BCUT2D eigenvalue weighted by atomic mass is 19.1. The molecule has 4 nitrogen and oxygen atoms in total. The number of fused-ring (bicyclic) bond motifs is 1. The van der Waals surface area contributed by atoms with Gasteiger partial charge in [0.25, 0.3) is 0 Å². The second kappa shape index (κ2) is 4.85. The Kier molecular flexibility index (Phi) is 3.02. The van der Waals surface area contributed by atoms with Crippen molar-refractivity contribution in [2.24, 2.45) is 10.9 Å². The van der Waals surface area contributed by atoms with Crippen LogP contribution in [0.2, 0.25) is 0 Å². The Morgan fingerprint density at radius 2 is 2.00 bits per heavy atom. The fourth-order valence-electron chi connectivity index (χ4n) is 2.53. The van der Waals surface area contributed by atoms with E-state index in [2.05, 4.69) is 11.2 Å². The third-order valence-electron chi connectivity index (χ3n) is 3.53. The summed E-state index contributed by atoms with van der Waals surface area (Å²) in [5.74, 6) is -0.483. The number of hydrogen-bond acceptors (Lipinski definition) is 3. The first-order chi connectivity index (χ1) is 9.70. The lowest BCUT2D eigenvalue weighted by Crippen LogP contribution is -2.17. The van der Waals surface area contributed by atoms with E-state index >= 15 is 0 Å². The first kappa shape index (κ1) is 12.5. The lowest BCUT2D eigenvalue weighted by Gasteiger charge is -2.20. The first-order valence-electron chi connectivity index (χ1n) is 6.33. The van der Waals surface area contributed by atoms with Crippen LogP contribution in [0.4, 0.5) is 15.8 Å². The minimum Gasteiger partial charge on any atom is -0.409 e.